The number of nitrogens with two attached hydrogens (primary N) is 1. The Balaban J connectivity index is 1.69. The Morgan fingerprint density at radius 3 is 2.94 bits per heavy atom. The molecule has 1 aromatic rings. The molecule has 17 heavy (non-hydrogen) atoms. The Bertz CT molecular complexity index is 354. The number of likely N-dealkylation sites (N-methyl/N-ethyl adjacent to an activating group) is 1. The number of hydrogen-bond acceptors (Lipinski definition) is 3. The van der Waals surface area contributed by atoms with Crippen LogP contribution in [-0.2, 0) is 11.2 Å². The highest BCUT2D eigenvalue weighted by atomic mass is 16.5. The van der Waals surface area contributed by atoms with Crippen LogP contribution in [0.5, 0.6) is 0 Å². The Hall–Kier alpha value is -0.900. The van der Waals surface area contributed by atoms with E-state index >= 15 is 0 Å². The van der Waals surface area contributed by atoms with Gasteiger partial charge in [-0.1, -0.05) is 24.3 Å². The van der Waals surface area contributed by atoms with E-state index in [-0.39, 0.29) is 0 Å². The van der Waals surface area contributed by atoms with E-state index in [0.717, 1.165) is 19.7 Å². The van der Waals surface area contributed by atoms with Crippen molar-refractivity contribution in [2.75, 3.05) is 39.9 Å². The van der Waals surface area contributed by atoms with Gasteiger partial charge in [0.15, 0.2) is 0 Å². The molecule has 1 aliphatic rings. The largest absolute Gasteiger partial charge is 0.379 e. The number of nitrogens with zero attached hydrogens (tertiary/aromatic N) is 1. The maximum Gasteiger partial charge on any atom is 0.0593 e. The second-order valence-corrected chi connectivity index (χ2v) is 4.76. The van der Waals surface area contributed by atoms with Crippen LogP contribution in [0.1, 0.15) is 17.0 Å². The summed E-state index contributed by atoms with van der Waals surface area (Å²) in [5, 5.41) is 0. The minimum Gasteiger partial charge on any atom is -0.379 e. The summed E-state index contributed by atoms with van der Waals surface area (Å²) in [7, 11) is 2.16. The Labute approximate surface area is 104 Å². The van der Waals surface area contributed by atoms with Gasteiger partial charge >= 0.3 is 0 Å². The van der Waals surface area contributed by atoms with Gasteiger partial charge in [0.25, 0.3) is 0 Å². The third-order valence-electron chi connectivity index (χ3n) is 3.37. The van der Waals surface area contributed by atoms with Crippen LogP contribution in [0.2, 0.25) is 0 Å². The van der Waals surface area contributed by atoms with Crippen molar-refractivity contribution in [3.8, 4) is 0 Å². The van der Waals surface area contributed by atoms with Gasteiger partial charge in [-0.3, -0.25) is 0 Å². The fourth-order valence-corrected chi connectivity index (χ4v) is 2.40. The zero-order valence-electron chi connectivity index (χ0n) is 10.6. The molecule has 0 heterocycles. The number of rotatable bonds is 7. The molecule has 0 bridgehead atoms. The van der Waals surface area contributed by atoms with Crippen LogP contribution in [-0.4, -0.2) is 44.8 Å². The molecule has 0 spiro atoms. The predicted octanol–water partition coefficient (Wildman–Crippen LogP) is 1.23. The first kappa shape index (κ1) is 12.6. The van der Waals surface area contributed by atoms with Crippen LogP contribution in [0.15, 0.2) is 24.3 Å². The zero-order valence-corrected chi connectivity index (χ0v) is 10.6. The van der Waals surface area contributed by atoms with Crippen molar-refractivity contribution in [3.05, 3.63) is 35.4 Å². The molecule has 3 heteroatoms. The molecule has 2 rings (SSSR count). The summed E-state index contributed by atoms with van der Waals surface area (Å²) in [4.78, 5) is 2.34. The molecule has 0 amide bonds. The fraction of sp³-hybridized carbons (Fsp3) is 0.571. The molecule has 0 radical (unpaired) electrons. The zero-order chi connectivity index (χ0) is 12.1. The summed E-state index contributed by atoms with van der Waals surface area (Å²) in [5.41, 5.74) is 8.42. The Morgan fingerprint density at radius 2 is 2.18 bits per heavy atom. The van der Waals surface area contributed by atoms with Crippen LogP contribution >= 0.6 is 0 Å². The van der Waals surface area contributed by atoms with Gasteiger partial charge in [0.2, 0.25) is 0 Å². The molecular formula is C14H22N2O. The molecule has 94 valence electrons. The van der Waals surface area contributed by atoms with E-state index < -0.39 is 0 Å². The van der Waals surface area contributed by atoms with Crippen LogP contribution in [0.3, 0.4) is 0 Å². The molecule has 1 atom stereocenters. The third kappa shape index (κ3) is 3.28. The van der Waals surface area contributed by atoms with Gasteiger partial charge in [0.1, 0.15) is 0 Å². The first-order valence-corrected chi connectivity index (χ1v) is 6.35. The lowest BCUT2D eigenvalue weighted by Crippen LogP contribution is -2.33. The molecule has 0 aromatic heterocycles. The van der Waals surface area contributed by atoms with Crippen molar-refractivity contribution >= 4 is 0 Å². The fourth-order valence-electron chi connectivity index (χ4n) is 2.40. The number of benzene rings is 1. The second-order valence-electron chi connectivity index (χ2n) is 4.76. The Morgan fingerprint density at radius 1 is 1.35 bits per heavy atom. The predicted molar refractivity (Wildman–Crippen MR) is 70.3 cm³/mol. The maximum atomic E-state index is 5.39. The van der Waals surface area contributed by atoms with Crippen molar-refractivity contribution < 1.29 is 4.74 Å². The summed E-state index contributed by atoms with van der Waals surface area (Å²) in [6, 6.07) is 8.74. The summed E-state index contributed by atoms with van der Waals surface area (Å²) in [6.07, 6.45) is 1.23. The lowest BCUT2D eigenvalue weighted by atomic mass is 9.77. The van der Waals surface area contributed by atoms with E-state index in [4.69, 9.17) is 10.5 Å². The van der Waals surface area contributed by atoms with E-state index in [1.54, 1.807) is 0 Å². The minimum absolute atomic E-state index is 0.611. The van der Waals surface area contributed by atoms with Crippen LogP contribution < -0.4 is 5.73 Å². The lowest BCUT2D eigenvalue weighted by Gasteiger charge is -2.33. The number of ether oxygens (including phenoxy) is 1. The molecule has 3 nitrogen and oxygen atoms in total. The van der Waals surface area contributed by atoms with E-state index in [9.17, 15) is 0 Å². The standard InChI is InChI=1S/C14H22N2O/c1-16(7-9-17-8-6-15)11-13-10-12-4-2-3-5-14(12)13/h2-5,13H,6-11,15H2,1H3. The van der Waals surface area contributed by atoms with Gasteiger partial charge in [0.05, 0.1) is 13.2 Å². The van der Waals surface area contributed by atoms with Gasteiger partial charge in [-0.15, -0.1) is 0 Å². The first-order chi connectivity index (χ1) is 8.31. The van der Waals surface area contributed by atoms with Crippen molar-refractivity contribution in [3.63, 3.8) is 0 Å². The lowest BCUT2D eigenvalue weighted by molar-refractivity contribution is 0.115. The van der Waals surface area contributed by atoms with Crippen LogP contribution in [0.25, 0.3) is 0 Å². The molecule has 0 saturated carbocycles. The van der Waals surface area contributed by atoms with Gasteiger partial charge in [0, 0.05) is 25.6 Å². The molecule has 0 fully saturated rings. The highest BCUT2D eigenvalue weighted by Crippen LogP contribution is 2.34. The van der Waals surface area contributed by atoms with E-state index in [0.29, 0.717) is 19.1 Å². The summed E-state index contributed by atoms with van der Waals surface area (Å²) in [5.74, 6) is 0.714. The molecule has 1 aliphatic carbocycles. The van der Waals surface area contributed by atoms with E-state index in [2.05, 4.69) is 36.2 Å². The second kappa shape index (κ2) is 6.15. The molecule has 2 N–H and O–H groups in total. The van der Waals surface area contributed by atoms with Gasteiger partial charge < -0.3 is 15.4 Å². The number of hydrogen-bond donors (Lipinski definition) is 1. The molecule has 1 aromatic carbocycles. The average Bonchev–Trinajstić information content (AvgIpc) is 2.32. The summed E-state index contributed by atoms with van der Waals surface area (Å²) < 4.78 is 5.39. The van der Waals surface area contributed by atoms with Crippen molar-refractivity contribution in [1.29, 1.82) is 0 Å². The minimum atomic E-state index is 0.611. The topological polar surface area (TPSA) is 38.5 Å². The number of fused-ring (bicyclic) bond motifs is 1. The summed E-state index contributed by atoms with van der Waals surface area (Å²) >= 11 is 0. The normalized spacial score (nSPS) is 17.9. The van der Waals surface area contributed by atoms with Gasteiger partial charge in [-0.05, 0) is 24.6 Å². The van der Waals surface area contributed by atoms with Gasteiger partial charge in [-0.25, -0.2) is 0 Å². The van der Waals surface area contributed by atoms with E-state index in [1.807, 2.05) is 0 Å². The molecule has 0 aliphatic heterocycles. The van der Waals surface area contributed by atoms with Crippen molar-refractivity contribution in [2.24, 2.45) is 5.73 Å². The molecular weight excluding hydrogens is 212 g/mol. The SMILES string of the molecule is CN(CCOCCN)CC1Cc2ccccc21. The monoisotopic (exact) mass is 234 g/mol. The van der Waals surface area contributed by atoms with Crippen molar-refractivity contribution in [2.45, 2.75) is 12.3 Å². The molecule has 0 saturated heterocycles. The Kier molecular flexibility index (Phi) is 4.54. The molecule has 1 unspecified atom stereocenters. The average molecular weight is 234 g/mol. The van der Waals surface area contributed by atoms with Crippen LogP contribution in [0.4, 0.5) is 0 Å². The van der Waals surface area contributed by atoms with Gasteiger partial charge in [-0.2, -0.15) is 0 Å². The highest BCUT2D eigenvalue weighted by molar-refractivity contribution is 5.40. The third-order valence-corrected chi connectivity index (χ3v) is 3.37. The van der Waals surface area contributed by atoms with E-state index in [1.165, 1.54) is 17.5 Å². The first-order valence-electron chi connectivity index (χ1n) is 6.35. The highest BCUT2D eigenvalue weighted by Gasteiger charge is 2.25. The maximum absolute atomic E-state index is 5.39. The van der Waals surface area contributed by atoms with Crippen LogP contribution in [0, 0.1) is 0 Å². The quantitative estimate of drug-likeness (QED) is 0.721. The smallest absolute Gasteiger partial charge is 0.0593 e. The van der Waals surface area contributed by atoms with Crippen molar-refractivity contribution in [1.82, 2.24) is 4.90 Å². The summed E-state index contributed by atoms with van der Waals surface area (Å²) in [6.45, 7) is 4.17.